The van der Waals surface area contributed by atoms with Crippen molar-refractivity contribution in [1.82, 2.24) is 24.3 Å². The van der Waals surface area contributed by atoms with Crippen LogP contribution in [0.1, 0.15) is 0 Å². The monoisotopic (exact) mass is 495 g/mol. The molecule has 0 radical (unpaired) electrons. The maximum Gasteiger partial charge on any atom is 0.227 e. The van der Waals surface area contributed by atoms with E-state index >= 15 is 0 Å². The molecule has 35 heavy (non-hydrogen) atoms. The van der Waals surface area contributed by atoms with E-state index in [1.165, 1.54) is 18.5 Å². The van der Waals surface area contributed by atoms with Gasteiger partial charge in [-0.1, -0.05) is 11.6 Å². The van der Waals surface area contributed by atoms with Gasteiger partial charge in [-0.3, -0.25) is 9.30 Å². The zero-order valence-electron chi connectivity index (χ0n) is 19.0. The summed E-state index contributed by atoms with van der Waals surface area (Å²) in [5, 5.41) is 3.51. The molecule has 0 saturated carbocycles. The third kappa shape index (κ3) is 4.75. The zero-order chi connectivity index (χ0) is 24.4. The van der Waals surface area contributed by atoms with Crippen LogP contribution in [0.4, 0.5) is 21.7 Å². The minimum atomic E-state index is -0.393. The highest BCUT2D eigenvalue weighted by Gasteiger charge is 2.19. The molecule has 180 valence electrons. The molecule has 3 aromatic heterocycles. The van der Waals surface area contributed by atoms with Crippen LogP contribution in [-0.4, -0.2) is 70.4 Å². The van der Waals surface area contributed by atoms with Gasteiger partial charge in [0.1, 0.15) is 29.2 Å². The Bertz CT molecular complexity index is 1370. The van der Waals surface area contributed by atoms with Crippen molar-refractivity contribution in [2.24, 2.45) is 0 Å². The van der Waals surface area contributed by atoms with E-state index < -0.39 is 5.82 Å². The lowest BCUT2D eigenvalue weighted by Gasteiger charge is -2.35. The molecule has 0 bridgehead atoms. The molecule has 11 heteroatoms. The second kappa shape index (κ2) is 9.85. The summed E-state index contributed by atoms with van der Waals surface area (Å²) < 4.78 is 21.0. The Balaban J connectivity index is 1.39. The molecule has 4 aromatic rings. The first kappa shape index (κ1) is 23.0. The molecule has 5 rings (SSSR count). The fraction of sp³-hybridized carbons (Fsp3) is 0.250. The van der Waals surface area contributed by atoms with E-state index in [0.717, 1.165) is 38.2 Å². The van der Waals surface area contributed by atoms with E-state index in [0.29, 0.717) is 46.0 Å². The molecule has 1 saturated heterocycles. The largest absolute Gasteiger partial charge is 0.494 e. The van der Waals surface area contributed by atoms with Gasteiger partial charge in [0.25, 0.3) is 0 Å². The number of nitrogens with zero attached hydrogens (tertiary/aromatic N) is 6. The number of aldehydes is 1. The van der Waals surface area contributed by atoms with Crippen LogP contribution in [-0.2, 0) is 4.79 Å². The first-order valence-electron chi connectivity index (χ1n) is 11.1. The smallest absolute Gasteiger partial charge is 0.227 e. The summed E-state index contributed by atoms with van der Waals surface area (Å²) in [7, 11) is 1.60. The number of anilines is 3. The highest BCUT2D eigenvalue weighted by Crippen LogP contribution is 2.33. The Morgan fingerprint density at radius 1 is 1.14 bits per heavy atom. The number of hydrogen-bond acceptors (Lipinski definition) is 8. The number of fused-ring (bicyclic) bond motifs is 1. The van der Waals surface area contributed by atoms with E-state index in [2.05, 4.69) is 30.1 Å². The molecule has 4 heterocycles. The molecule has 0 amide bonds. The van der Waals surface area contributed by atoms with Crippen LogP contribution in [0.25, 0.3) is 17.0 Å². The number of rotatable bonds is 7. The molecule has 0 aliphatic carbocycles. The molecule has 0 atom stereocenters. The SMILES string of the molecule is COc1cc(N2CCN(CC=O)CC2)ccc1Nc1ncc(Cl)c(-c2cnc3ccc(F)cn23)n1. The van der Waals surface area contributed by atoms with Crippen molar-refractivity contribution in [3.05, 3.63) is 59.8 Å². The first-order valence-corrected chi connectivity index (χ1v) is 11.4. The number of piperazine rings is 1. The normalized spacial score (nSPS) is 14.3. The number of carbonyl (C=O) groups excluding carboxylic acids is 1. The Labute approximate surface area is 206 Å². The number of hydrogen-bond donors (Lipinski definition) is 1. The second-order valence-corrected chi connectivity index (χ2v) is 8.48. The molecular weight excluding hydrogens is 473 g/mol. The van der Waals surface area contributed by atoms with Gasteiger partial charge in [-0.05, 0) is 24.3 Å². The number of imidazole rings is 1. The number of benzene rings is 1. The molecule has 9 nitrogen and oxygen atoms in total. The number of carbonyl (C=O) groups is 1. The number of methoxy groups -OCH3 is 1. The predicted molar refractivity (Wildman–Crippen MR) is 132 cm³/mol. The fourth-order valence-corrected chi connectivity index (χ4v) is 4.32. The summed E-state index contributed by atoms with van der Waals surface area (Å²) >= 11 is 6.39. The molecule has 1 fully saturated rings. The molecule has 0 spiro atoms. The number of aromatic nitrogens is 4. The van der Waals surface area contributed by atoms with Gasteiger partial charge in [0.05, 0.1) is 42.5 Å². The Kier molecular flexibility index (Phi) is 6.47. The third-order valence-corrected chi connectivity index (χ3v) is 6.23. The molecule has 0 unspecified atom stereocenters. The van der Waals surface area contributed by atoms with Crippen molar-refractivity contribution in [2.45, 2.75) is 0 Å². The summed E-state index contributed by atoms with van der Waals surface area (Å²) in [6.07, 6.45) is 5.36. The summed E-state index contributed by atoms with van der Waals surface area (Å²) in [4.78, 5) is 28.3. The summed E-state index contributed by atoms with van der Waals surface area (Å²) in [5.74, 6) is 0.550. The second-order valence-electron chi connectivity index (χ2n) is 8.07. The van der Waals surface area contributed by atoms with E-state index in [9.17, 15) is 9.18 Å². The van der Waals surface area contributed by atoms with Gasteiger partial charge in [0.2, 0.25) is 5.95 Å². The average Bonchev–Trinajstić information content (AvgIpc) is 3.29. The molecule has 1 aromatic carbocycles. The van der Waals surface area contributed by atoms with E-state index in [4.69, 9.17) is 16.3 Å². The van der Waals surface area contributed by atoms with Crippen LogP contribution < -0.4 is 15.0 Å². The van der Waals surface area contributed by atoms with Gasteiger partial charge in [-0.15, -0.1) is 0 Å². The molecule has 1 aliphatic heterocycles. The van der Waals surface area contributed by atoms with Crippen LogP contribution in [0.3, 0.4) is 0 Å². The number of halogens is 2. The summed E-state index contributed by atoms with van der Waals surface area (Å²) in [5.41, 5.74) is 3.27. The Hall–Kier alpha value is -3.76. The van der Waals surface area contributed by atoms with Crippen LogP contribution in [0.5, 0.6) is 5.75 Å². The van der Waals surface area contributed by atoms with E-state index in [1.807, 2.05) is 18.2 Å². The maximum absolute atomic E-state index is 13.8. The van der Waals surface area contributed by atoms with Crippen molar-refractivity contribution in [3.63, 3.8) is 0 Å². The van der Waals surface area contributed by atoms with Crippen molar-refractivity contribution in [3.8, 4) is 17.1 Å². The minimum Gasteiger partial charge on any atom is -0.494 e. The Morgan fingerprint density at radius 2 is 1.97 bits per heavy atom. The van der Waals surface area contributed by atoms with Gasteiger partial charge < -0.3 is 19.7 Å². The van der Waals surface area contributed by atoms with Crippen LogP contribution >= 0.6 is 11.6 Å². The van der Waals surface area contributed by atoms with Crippen LogP contribution in [0.2, 0.25) is 5.02 Å². The highest BCUT2D eigenvalue weighted by molar-refractivity contribution is 6.32. The van der Waals surface area contributed by atoms with Crippen LogP contribution in [0.15, 0.2) is 48.9 Å². The summed E-state index contributed by atoms with van der Waals surface area (Å²) in [6, 6.07) is 8.81. The number of nitrogens with one attached hydrogen (secondary N) is 1. The lowest BCUT2D eigenvalue weighted by Crippen LogP contribution is -2.46. The van der Waals surface area contributed by atoms with Crippen molar-refractivity contribution in [2.75, 3.05) is 50.1 Å². The van der Waals surface area contributed by atoms with Gasteiger partial charge in [-0.25, -0.2) is 19.3 Å². The van der Waals surface area contributed by atoms with Gasteiger partial charge in [0, 0.05) is 44.1 Å². The predicted octanol–water partition coefficient (Wildman–Crippen LogP) is 3.66. The Morgan fingerprint density at radius 3 is 2.74 bits per heavy atom. The average molecular weight is 496 g/mol. The number of ether oxygens (including phenoxy) is 1. The third-order valence-electron chi connectivity index (χ3n) is 5.96. The maximum atomic E-state index is 13.8. The van der Waals surface area contributed by atoms with Crippen molar-refractivity contribution in [1.29, 1.82) is 0 Å². The lowest BCUT2D eigenvalue weighted by molar-refractivity contribution is -0.108. The van der Waals surface area contributed by atoms with Crippen LogP contribution in [0, 0.1) is 5.82 Å². The van der Waals surface area contributed by atoms with Gasteiger partial charge in [0.15, 0.2) is 0 Å². The van der Waals surface area contributed by atoms with Gasteiger partial charge >= 0.3 is 0 Å². The first-order chi connectivity index (χ1) is 17.1. The van der Waals surface area contributed by atoms with E-state index in [1.54, 1.807) is 23.8 Å². The quantitative estimate of drug-likeness (QED) is 0.389. The highest BCUT2D eigenvalue weighted by atomic mass is 35.5. The summed E-state index contributed by atoms with van der Waals surface area (Å²) in [6.45, 7) is 3.78. The molecule has 1 aliphatic rings. The van der Waals surface area contributed by atoms with Crippen molar-refractivity contribution < 1.29 is 13.9 Å². The van der Waals surface area contributed by atoms with Gasteiger partial charge in [-0.2, -0.15) is 0 Å². The van der Waals surface area contributed by atoms with Crippen molar-refractivity contribution >= 4 is 40.9 Å². The molecule has 1 N–H and O–H groups in total. The van der Waals surface area contributed by atoms with E-state index in [-0.39, 0.29) is 0 Å². The standard InChI is InChI=1S/C24H23ClFN7O2/c1-35-21-12-17(32-8-6-31(7-9-32)10-11-34)3-4-19(21)29-24-28-13-18(25)23(30-24)20-14-27-22-5-2-16(26)15-33(20)22/h2-5,11-15H,6-10H2,1H3,(H,28,29,30). The number of pyridine rings is 1. The molecular formula is C24H23ClFN7O2. The topological polar surface area (TPSA) is 87.9 Å². The lowest BCUT2D eigenvalue weighted by atomic mass is 10.2. The minimum absolute atomic E-state index is 0.310. The fourth-order valence-electron chi connectivity index (χ4n) is 4.13. The zero-order valence-corrected chi connectivity index (χ0v) is 19.7.